The smallest absolute Gasteiger partial charge is 0.136 e. The van der Waals surface area contributed by atoms with Gasteiger partial charge in [0.1, 0.15) is 11.2 Å². The fourth-order valence-electron chi connectivity index (χ4n) is 6.23. The Labute approximate surface area is 317 Å². The predicted octanol–water partition coefficient (Wildman–Crippen LogP) is 12.3. The molecule has 0 aliphatic heterocycles. The fourth-order valence-corrected chi connectivity index (χ4v) is 6.23. The Balaban J connectivity index is 0.000000217. The number of para-hydroxylation sites is 1. The van der Waals surface area contributed by atoms with E-state index in [1.54, 1.807) is 12.1 Å². The van der Waals surface area contributed by atoms with E-state index in [0.717, 1.165) is 39.8 Å². The number of hydrogen-bond acceptors (Lipinski definition) is 3. The Kier molecular flexibility index (Phi) is 8.10. The quantitative estimate of drug-likeness (QED) is 0.166. The Morgan fingerprint density at radius 1 is 0.700 bits per heavy atom. The van der Waals surface area contributed by atoms with Gasteiger partial charge in [-0.1, -0.05) is 93.9 Å². The number of aromatic nitrogens is 2. The van der Waals surface area contributed by atoms with Crippen LogP contribution in [0.4, 0.5) is 0 Å². The van der Waals surface area contributed by atoms with E-state index in [9.17, 15) is 0 Å². The van der Waals surface area contributed by atoms with Gasteiger partial charge in [-0.15, -0.1) is 70.8 Å². The number of fused-ring (bicyclic) bond motifs is 5. The summed E-state index contributed by atoms with van der Waals surface area (Å²) in [6.07, 6.45) is 4.31. The van der Waals surface area contributed by atoms with Crippen LogP contribution in [0, 0.1) is 38.2 Å². The van der Waals surface area contributed by atoms with Gasteiger partial charge < -0.3 is 14.4 Å². The van der Waals surface area contributed by atoms with E-state index < -0.39 is 13.7 Å². The first kappa shape index (κ1) is 27.9. The third-order valence-electron chi connectivity index (χ3n) is 8.58. The van der Waals surface area contributed by atoms with Crippen LogP contribution in [0.5, 0.6) is 0 Å². The minimum atomic E-state index is -2.18. The zero-order valence-electron chi connectivity index (χ0n) is 34.4. The molecular weight excluding hydrogens is 789 g/mol. The van der Waals surface area contributed by atoms with E-state index in [-0.39, 0.29) is 36.6 Å². The van der Waals surface area contributed by atoms with Gasteiger partial charge in [0.2, 0.25) is 0 Å². The molecule has 8 aromatic rings. The summed E-state index contributed by atoms with van der Waals surface area (Å²) in [5, 5.41) is 4.76. The number of hydrogen-bond donors (Lipinski definition) is 0. The van der Waals surface area contributed by atoms with Crippen molar-refractivity contribution < 1.29 is 32.7 Å². The molecule has 8 rings (SSSR count). The minimum Gasteiger partial charge on any atom is -0.456 e. The predicted molar refractivity (Wildman–Crippen MR) is 205 cm³/mol. The Morgan fingerprint density at radius 2 is 1.50 bits per heavy atom. The second kappa shape index (κ2) is 14.5. The topological polar surface area (TPSA) is 38.9 Å². The van der Waals surface area contributed by atoms with E-state index in [0.29, 0.717) is 11.3 Å². The Bertz CT molecular complexity index is 2580. The van der Waals surface area contributed by atoms with Gasteiger partial charge in [0.25, 0.3) is 0 Å². The number of benzene rings is 5. The first-order valence-corrected chi connectivity index (χ1v) is 16.4. The molecule has 0 amide bonds. The van der Waals surface area contributed by atoms with Crippen molar-refractivity contribution in [3.05, 3.63) is 156 Å². The SMILES string of the molecule is Cc1cnc(-c2[c-]ccc(-c3cccc4c3ccc3oc5ccccc5c34)c2)cc1CC(C)(C)C.[2H]C([2H])([2H])c1c[c-]c(-c2ccc(C([2H])([2H])[2H])cn2)cc1.[Ir]. The van der Waals surface area contributed by atoms with Gasteiger partial charge in [-0.3, -0.25) is 0 Å². The summed E-state index contributed by atoms with van der Waals surface area (Å²) in [5.74, 6) is 0. The van der Waals surface area contributed by atoms with Crippen molar-refractivity contribution in [3.63, 3.8) is 0 Å². The van der Waals surface area contributed by atoms with Crippen LogP contribution in [0.1, 0.15) is 51.2 Å². The van der Waals surface area contributed by atoms with Crippen molar-refractivity contribution in [2.45, 2.75) is 47.8 Å². The molecule has 0 atom stereocenters. The summed E-state index contributed by atoms with van der Waals surface area (Å²) in [6.45, 7) is 4.64. The summed E-state index contributed by atoms with van der Waals surface area (Å²) < 4.78 is 49.8. The second-order valence-electron chi connectivity index (χ2n) is 13.6. The van der Waals surface area contributed by atoms with Gasteiger partial charge in [0, 0.05) is 51.5 Å². The monoisotopic (exact) mass is 835 g/mol. The summed E-state index contributed by atoms with van der Waals surface area (Å²) >= 11 is 0. The number of aryl methyl sites for hydroxylation is 3. The van der Waals surface area contributed by atoms with Gasteiger partial charge in [-0.2, -0.15) is 0 Å². The molecule has 0 unspecified atom stereocenters. The molecule has 5 aromatic carbocycles. The molecule has 3 aromatic heterocycles. The zero-order chi connectivity index (χ0) is 39.1. The molecule has 1 radical (unpaired) electrons. The number of furan rings is 1. The number of pyridine rings is 2. The van der Waals surface area contributed by atoms with Gasteiger partial charge in [-0.25, -0.2) is 0 Å². The molecule has 50 heavy (non-hydrogen) atoms. The largest absolute Gasteiger partial charge is 0.456 e. The standard InChI is InChI=1S/C33H28NO.C13H12N.Ir/c1-21-20-34-29(18-24(21)19-33(2,3)4)23-10-7-9-22(17-23)25-12-8-13-27-26(25)15-16-31-32(27)28-11-5-6-14-30(28)35-31;1-10-3-6-12(7-4-10)13-8-5-11(2)9-14-13;/h5-9,11-18,20H,19H2,1-4H3;3-6,8-9H,1-2H3;/q2*-1;/i;1D3,2D3;. The first-order chi connectivity index (χ1) is 26.0. The maximum absolute atomic E-state index is 7.28. The van der Waals surface area contributed by atoms with Gasteiger partial charge >= 0.3 is 0 Å². The molecule has 0 N–H and O–H groups in total. The van der Waals surface area contributed by atoms with E-state index in [1.165, 1.54) is 57.2 Å². The molecule has 0 aliphatic rings. The van der Waals surface area contributed by atoms with Crippen LogP contribution in [-0.4, -0.2) is 9.97 Å². The first-order valence-electron chi connectivity index (χ1n) is 19.4. The molecule has 0 bridgehead atoms. The minimum absolute atomic E-state index is 0. The molecule has 0 fully saturated rings. The van der Waals surface area contributed by atoms with Gasteiger partial charge in [-0.05, 0) is 76.6 Å². The van der Waals surface area contributed by atoms with E-state index in [4.69, 9.17) is 17.6 Å². The van der Waals surface area contributed by atoms with Crippen molar-refractivity contribution >= 4 is 32.7 Å². The summed E-state index contributed by atoms with van der Waals surface area (Å²) in [5.41, 5.74) is 10.6. The average molecular weight is 835 g/mol. The molecule has 0 saturated carbocycles. The molecule has 3 nitrogen and oxygen atoms in total. The van der Waals surface area contributed by atoms with Gasteiger partial charge in [0.05, 0.1) is 0 Å². The van der Waals surface area contributed by atoms with Crippen LogP contribution in [0.25, 0.3) is 66.4 Å². The van der Waals surface area contributed by atoms with Crippen LogP contribution in [0.2, 0.25) is 0 Å². The van der Waals surface area contributed by atoms with Crippen LogP contribution in [0.3, 0.4) is 0 Å². The third-order valence-corrected chi connectivity index (χ3v) is 8.58. The normalized spacial score (nSPS) is 13.6. The van der Waals surface area contributed by atoms with Crippen molar-refractivity contribution in [1.29, 1.82) is 0 Å². The third kappa shape index (κ3) is 7.48. The number of nitrogens with zero attached hydrogens (tertiary/aromatic N) is 2. The Morgan fingerprint density at radius 3 is 2.26 bits per heavy atom. The molecule has 0 aliphatic carbocycles. The van der Waals surface area contributed by atoms with Crippen molar-refractivity contribution in [1.82, 2.24) is 9.97 Å². The van der Waals surface area contributed by atoms with Crippen molar-refractivity contribution in [3.8, 4) is 33.6 Å². The fraction of sp³-hybridized carbons (Fsp3) is 0.174. The maximum atomic E-state index is 7.28. The molecule has 0 spiro atoms. The van der Waals surface area contributed by atoms with Crippen LogP contribution >= 0.6 is 0 Å². The zero-order valence-corrected chi connectivity index (χ0v) is 30.8. The molecule has 3 heterocycles. The van der Waals surface area contributed by atoms with E-state index in [1.807, 2.05) is 24.4 Å². The van der Waals surface area contributed by atoms with Crippen LogP contribution in [-0.2, 0) is 26.5 Å². The van der Waals surface area contributed by atoms with Crippen LogP contribution < -0.4 is 0 Å². The number of rotatable bonds is 4. The molecule has 4 heteroatoms. The van der Waals surface area contributed by atoms with Gasteiger partial charge in [0.15, 0.2) is 0 Å². The van der Waals surface area contributed by atoms with Crippen molar-refractivity contribution in [2.75, 3.05) is 0 Å². The summed E-state index contributed by atoms with van der Waals surface area (Å²) in [4.78, 5) is 8.84. The molecular formula is C46H40IrN2O-2. The van der Waals surface area contributed by atoms with E-state index in [2.05, 4.69) is 105 Å². The van der Waals surface area contributed by atoms with E-state index >= 15 is 0 Å². The Hall–Kier alpha value is -4.89. The molecule has 251 valence electrons. The average Bonchev–Trinajstić information content (AvgIpc) is 3.54. The summed E-state index contributed by atoms with van der Waals surface area (Å²) in [7, 11) is 0. The molecule has 0 saturated heterocycles. The van der Waals surface area contributed by atoms with Crippen LogP contribution in [0.15, 0.2) is 126 Å². The summed E-state index contributed by atoms with van der Waals surface area (Å²) in [6, 6.07) is 41.5. The van der Waals surface area contributed by atoms with Crippen molar-refractivity contribution in [2.24, 2.45) is 5.41 Å². The second-order valence-corrected chi connectivity index (χ2v) is 13.6. The maximum Gasteiger partial charge on any atom is 0.136 e.